The van der Waals surface area contributed by atoms with Crippen molar-refractivity contribution in [1.82, 2.24) is 4.90 Å². The van der Waals surface area contributed by atoms with Crippen molar-refractivity contribution < 1.29 is 5.11 Å². The van der Waals surface area contributed by atoms with E-state index in [9.17, 15) is 5.11 Å². The number of hydrogen-bond acceptors (Lipinski definition) is 3. The molecule has 0 bridgehead atoms. The molecule has 0 amide bonds. The van der Waals surface area contributed by atoms with Gasteiger partial charge in [0.15, 0.2) is 0 Å². The van der Waals surface area contributed by atoms with Gasteiger partial charge in [-0.3, -0.25) is 4.90 Å². The summed E-state index contributed by atoms with van der Waals surface area (Å²) >= 11 is 1.74. The van der Waals surface area contributed by atoms with E-state index in [0.29, 0.717) is 0 Å². The Labute approximate surface area is 90.2 Å². The maximum Gasteiger partial charge on any atom is 0.0609 e. The van der Waals surface area contributed by atoms with Crippen LogP contribution in [0.3, 0.4) is 0 Å². The van der Waals surface area contributed by atoms with Gasteiger partial charge in [0.2, 0.25) is 0 Å². The quantitative estimate of drug-likeness (QED) is 0.808. The first-order chi connectivity index (χ1) is 6.56. The molecule has 0 aliphatic heterocycles. The number of nitrogens with zero attached hydrogens (tertiary/aromatic N) is 1. The molecule has 0 unspecified atom stereocenters. The van der Waals surface area contributed by atoms with E-state index in [1.807, 2.05) is 0 Å². The molecule has 0 spiro atoms. The molecule has 0 aromatic carbocycles. The molecule has 1 aromatic heterocycles. The first kappa shape index (κ1) is 11.7. The Bertz CT molecular complexity index is 256. The van der Waals surface area contributed by atoms with E-state index < -0.39 is 0 Å². The molecule has 80 valence electrons. The number of thiophene rings is 1. The minimum atomic E-state index is -0.115. The smallest absolute Gasteiger partial charge is 0.0609 e. The zero-order valence-corrected chi connectivity index (χ0v) is 9.97. The Balaban J connectivity index is 2.38. The van der Waals surface area contributed by atoms with Gasteiger partial charge in [-0.25, -0.2) is 0 Å². The highest BCUT2D eigenvalue weighted by Gasteiger charge is 2.21. The maximum absolute atomic E-state index is 9.18. The Kier molecular flexibility index (Phi) is 4.11. The van der Waals surface area contributed by atoms with Gasteiger partial charge >= 0.3 is 0 Å². The van der Waals surface area contributed by atoms with Gasteiger partial charge in [0.05, 0.1) is 6.61 Å². The predicted octanol–water partition coefficient (Wildman–Crippen LogP) is 1.99. The van der Waals surface area contributed by atoms with E-state index in [1.54, 1.807) is 11.3 Å². The molecule has 1 rings (SSSR count). The van der Waals surface area contributed by atoms with Gasteiger partial charge in [0.1, 0.15) is 0 Å². The highest BCUT2D eigenvalue weighted by Crippen LogP contribution is 2.13. The van der Waals surface area contributed by atoms with Crippen LogP contribution in [0.15, 0.2) is 16.8 Å². The van der Waals surface area contributed by atoms with Gasteiger partial charge in [0.25, 0.3) is 0 Å². The van der Waals surface area contributed by atoms with Crippen LogP contribution in [0.5, 0.6) is 0 Å². The minimum absolute atomic E-state index is 0.115. The lowest BCUT2D eigenvalue weighted by atomic mass is 10.0. The molecular weight excluding hydrogens is 194 g/mol. The zero-order chi connectivity index (χ0) is 10.6. The summed E-state index contributed by atoms with van der Waals surface area (Å²) in [5.74, 6) is 0. The standard InChI is InChI=1S/C11H19NOS/c1-11(2,9-13)12(3)6-4-10-5-7-14-8-10/h5,7-8,13H,4,6,9H2,1-3H3. The van der Waals surface area contributed by atoms with Crippen LogP contribution < -0.4 is 0 Å². The van der Waals surface area contributed by atoms with Crippen LogP contribution in [0.2, 0.25) is 0 Å². The summed E-state index contributed by atoms with van der Waals surface area (Å²) in [4.78, 5) is 2.20. The molecule has 2 nitrogen and oxygen atoms in total. The highest BCUT2D eigenvalue weighted by atomic mass is 32.1. The number of likely N-dealkylation sites (N-methyl/N-ethyl adjacent to an activating group) is 1. The topological polar surface area (TPSA) is 23.5 Å². The van der Waals surface area contributed by atoms with Crippen LogP contribution >= 0.6 is 11.3 Å². The van der Waals surface area contributed by atoms with Crippen LogP contribution in [-0.4, -0.2) is 35.7 Å². The Morgan fingerprint density at radius 2 is 2.21 bits per heavy atom. The van der Waals surface area contributed by atoms with Gasteiger partial charge < -0.3 is 5.11 Å². The van der Waals surface area contributed by atoms with Gasteiger partial charge in [-0.1, -0.05) is 0 Å². The first-order valence-corrected chi connectivity index (χ1v) is 5.84. The van der Waals surface area contributed by atoms with Crippen LogP contribution in [0, 0.1) is 0 Å². The summed E-state index contributed by atoms with van der Waals surface area (Å²) in [6.45, 7) is 5.30. The van der Waals surface area contributed by atoms with E-state index in [1.165, 1.54) is 5.56 Å². The number of rotatable bonds is 5. The van der Waals surface area contributed by atoms with Crippen LogP contribution in [0.4, 0.5) is 0 Å². The molecule has 1 heterocycles. The summed E-state index contributed by atoms with van der Waals surface area (Å²) < 4.78 is 0. The fourth-order valence-electron chi connectivity index (χ4n) is 1.16. The molecule has 0 aliphatic rings. The normalized spacial score (nSPS) is 12.4. The molecule has 1 aromatic rings. The number of aliphatic hydroxyl groups is 1. The zero-order valence-electron chi connectivity index (χ0n) is 9.16. The fourth-order valence-corrected chi connectivity index (χ4v) is 1.86. The van der Waals surface area contributed by atoms with Crippen molar-refractivity contribution in [2.75, 3.05) is 20.2 Å². The predicted molar refractivity (Wildman–Crippen MR) is 61.8 cm³/mol. The van der Waals surface area contributed by atoms with Crippen LogP contribution in [-0.2, 0) is 6.42 Å². The van der Waals surface area contributed by atoms with E-state index in [-0.39, 0.29) is 12.1 Å². The van der Waals surface area contributed by atoms with Crippen LogP contribution in [0.1, 0.15) is 19.4 Å². The molecule has 0 radical (unpaired) electrons. The van der Waals surface area contributed by atoms with Crippen molar-refractivity contribution in [3.05, 3.63) is 22.4 Å². The maximum atomic E-state index is 9.18. The molecule has 0 aliphatic carbocycles. The van der Waals surface area contributed by atoms with Crippen molar-refractivity contribution >= 4 is 11.3 Å². The fraction of sp³-hybridized carbons (Fsp3) is 0.636. The van der Waals surface area contributed by atoms with Gasteiger partial charge in [-0.05, 0) is 49.7 Å². The molecule has 0 atom stereocenters. The average molecular weight is 213 g/mol. The van der Waals surface area contributed by atoms with Crippen molar-refractivity contribution in [2.24, 2.45) is 0 Å². The van der Waals surface area contributed by atoms with E-state index in [0.717, 1.165) is 13.0 Å². The van der Waals surface area contributed by atoms with E-state index >= 15 is 0 Å². The molecule has 1 N–H and O–H groups in total. The second kappa shape index (κ2) is 4.91. The largest absolute Gasteiger partial charge is 0.394 e. The Morgan fingerprint density at radius 1 is 1.50 bits per heavy atom. The summed E-state index contributed by atoms with van der Waals surface area (Å²) in [5.41, 5.74) is 1.27. The van der Waals surface area contributed by atoms with Crippen molar-refractivity contribution in [2.45, 2.75) is 25.8 Å². The lowest BCUT2D eigenvalue weighted by Crippen LogP contribution is -2.45. The summed E-state index contributed by atoms with van der Waals surface area (Å²) in [5, 5.41) is 13.5. The summed E-state index contributed by atoms with van der Waals surface area (Å²) in [6, 6.07) is 2.16. The highest BCUT2D eigenvalue weighted by molar-refractivity contribution is 7.07. The third kappa shape index (κ3) is 3.08. The second-order valence-electron chi connectivity index (χ2n) is 4.27. The molecule has 0 saturated heterocycles. The SMILES string of the molecule is CN(CCc1ccsc1)C(C)(C)CO. The second-order valence-corrected chi connectivity index (χ2v) is 5.05. The Hall–Kier alpha value is -0.380. The molecule has 3 heteroatoms. The third-order valence-electron chi connectivity index (χ3n) is 2.74. The van der Waals surface area contributed by atoms with Gasteiger partial charge in [0, 0.05) is 12.1 Å². The minimum Gasteiger partial charge on any atom is -0.394 e. The number of aliphatic hydroxyl groups excluding tert-OH is 1. The average Bonchev–Trinajstić information content (AvgIpc) is 2.66. The molecule has 14 heavy (non-hydrogen) atoms. The lowest BCUT2D eigenvalue weighted by Gasteiger charge is -2.33. The van der Waals surface area contributed by atoms with Gasteiger partial charge in [-0.15, -0.1) is 0 Å². The molecule has 0 saturated carbocycles. The first-order valence-electron chi connectivity index (χ1n) is 4.89. The lowest BCUT2D eigenvalue weighted by molar-refractivity contribution is 0.0801. The molecular formula is C11H19NOS. The van der Waals surface area contributed by atoms with Crippen LogP contribution in [0.25, 0.3) is 0 Å². The van der Waals surface area contributed by atoms with Crippen molar-refractivity contribution in [3.8, 4) is 0 Å². The van der Waals surface area contributed by atoms with E-state index in [2.05, 4.69) is 42.6 Å². The van der Waals surface area contributed by atoms with Crippen molar-refractivity contribution in [1.29, 1.82) is 0 Å². The monoisotopic (exact) mass is 213 g/mol. The number of hydrogen-bond donors (Lipinski definition) is 1. The molecule has 0 fully saturated rings. The van der Waals surface area contributed by atoms with Crippen molar-refractivity contribution in [3.63, 3.8) is 0 Å². The third-order valence-corrected chi connectivity index (χ3v) is 3.47. The van der Waals surface area contributed by atoms with E-state index in [4.69, 9.17) is 0 Å². The summed E-state index contributed by atoms with van der Waals surface area (Å²) in [6.07, 6.45) is 1.06. The summed E-state index contributed by atoms with van der Waals surface area (Å²) in [7, 11) is 2.06. The van der Waals surface area contributed by atoms with Gasteiger partial charge in [-0.2, -0.15) is 11.3 Å². The Morgan fingerprint density at radius 3 is 2.71 bits per heavy atom.